The van der Waals surface area contributed by atoms with Gasteiger partial charge in [0.05, 0.1) is 6.07 Å². The molecule has 0 aliphatic carbocycles. The molecule has 118 valence electrons. The Bertz CT molecular complexity index is 533. The maximum absolute atomic E-state index is 11.7. The van der Waals surface area contributed by atoms with Gasteiger partial charge >= 0.3 is 5.51 Å². The van der Waals surface area contributed by atoms with Crippen LogP contribution in [-0.2, 0) is 6.42 Å². The van der Waals surface area contributed by atoms with Gasteiger partial charge in [-0.05, 0) is 35.9 Å². The lowest BCUT2D eigenvalue weighted by Gasteiger charge is -2.03. The maximum atomic E-state index is 11.7. The fourth-order valence-electron chi connectivity index (χ4n) is 1.34. The van der Waals surface area contributed by atoms with Crippen molar-refractivity contribution in [3.63, 3.8) is 0 Å². The van der Waals surface area contributed by atoms with Gasteiger partial charge in [-0.3, -0.25) is 0 Å². The highest BCUT2D eigenvalue weighted by Crippen LogP contribution is 2.36. The molecule has 0 atom stereocenters. The first-order chi connectivity index (χ1) is 10.4. The van der Waals surface area contributed by atoms with Gasteiger partial charge in [0, 0.05) is 11.8 Å². The first-order valence-electron chi connectivity index (χ1n) is 6.58. The Morgan fingerprint density at radius 2 is 1.36 bits per heavy atom. The van der Waals surface area contributed by atoms with Crippen LogP contribution in [0.1, 0.15) is 19.4 Å². The average molecular weight is 325 g/mol. The summed E-state index contributed by atoms with van der Waals surface area (Å²) < 4.78 is 35.1. The van der Waals surface area contributed by atoms with Gasteiger partial charge in [0.15, 0.2) is 0 Å². The van der Waals surface area contributed by atoms with E-state index >= 15 is 0 Å². The van der Waals surface area contributed by atoms with E-state index in [9.17, 15) is 13.2 Å². The third-order valence-electron chi connectivity index (χ3n) is 2.23. The molecule has 2 rings (SSSR count). The van der Waals surface area contributed by atoms with Gasteiger partial charge in [0.2, 0.25) is 0 Å². The molecule has 0 heterocycles. The molecule has 0 saturated heterocycles. The van der Waals surface area contributed by atoms with Crippen molar-refractivity contribution in [3.8, 4) is 6.07 Å². The first kappa shape index (κ1) is 20.1. The van der Waals surface area contributed by atoms with Crippen LogP contribution < -0.4 is 0 Å². The minimum Gasteiger partial charge on any atom is -0.199 e. The summed E-state index contributed by atoms with van der Waals surface area (Å²) in [5.74, 6) is 0. The zero-order valence-electron chi connectivity index (χ0n) is 12.5. The molecule has 0 aliphatic rings. The smallest absolute Gasteiger partial charge is 0.199 e. The first-order valence-corrected chi connectivity index (χ1v) is 7.40. The molecule has 0 amide bonds. The van der Waals surface area contributed by atoms with Gasteiger partial charge in [0.1, 0.15) is 0 Å². The van der Waals surface area contributed by atoms with Gasteiger partial charge in [-0.15, -0.1) is 0 Å². The quantitative estimate of drug-likeness (QED) is 0.625. The van der Waals surface area contributed by atoms with E-state index in [1.807, 2.05) is 6.07 Å². The van der Waals surface area contributed by atoms with Gasteiger partial charge in [0.25, 0.3) is 0 Å². The van der Waals surface area contributed by atoms with Crippen molar-refractivity contribution in [3.05, 3.63) is 66.2 Å². The van der Waals surface area contributed by atoms with Crippen LogP contribution in [0.3, 0.4) is 0 Å². The standard InChI is InChI=1S/C8H10.C7H5F3S.C2H3N/c1-2-8-6-4-3-5-7-8;8-7(9,10)11-6-4-2-1-3-5-6;1-2-3/h3-7H,2H2,1H3;1-5H;1H3. The van der Waals surface area contributed by atoms with Crippen LogP contribution in [0.15, 0.2) is 65.6 Å². The second kappa shape index (κ2) is 11.7. The number of benzene rings is 2. The number of alkyl halides is 3. The number of nitrogens with zero attached hydrogens (tertiary/aromatic N) is 1. The lowest BCUT2D eigenvalue weighted by molar-refractivity contribution is -0.0328. The Morgan fingerprint density at radius 1 is 0.955 bits per heavy atom. The van der Waals surface area contributed by atoms with Crippen LogP contribution >= 0.6 is 11.8 Å². The molecule has 0 aromatic heterocycles. The average Bonchev–Trinajstić information content (AvgIpc) is 2.49. The molecule has 1 nitrogen and oxygen atoms in total. The summed E-state index contributed by atoms with van der Waals surface area (Å²) in [5, 5.41) is 7.32. The maximum Gasteiger partial charge on any atom is 0.446 e. The third kappa shape index (κ3) is 11.9. The van der Waals surface area contributed by atoms with E-state index in [1.54, 1.807) is 24.3 Å². The number of thioether (sulfide) groups is 1. The van der Waals surface area contributed by atoms with Crippen molar-refractivity contribution in [1.82, 2.24) is 0 Å². The van der Waals surface area contributed by atoms with Crippen LogP contribution in [0.5, 0.6) is 0 Å². The molecule has 0 N–H and O–H groups in total. The highest BCUT2D eigenvalue weighted by Gasteiger charge is 2.28. The van der Waals surface area contributed by atoms with Gasteiger partial charge in [-0.25, -0.2) is 0 Å². The van der Waals surface area contributed by atoms with Crippen LogP contribution in [0, 0.1) is 11.3 Å². The van der Waals surface area contributed by atoms with Crippen LogP contribution in [-0.4, -0.2) is 5.51 Å². The number of hydrogen-bond acceptors (Lipinski definition) is 2. The summed E-state index contributed by atoms with van der Waals surface area (Å²) in [5.41, 5.74) is -2.77. The number of rotatable bonds is 2. The molecule has 2 aromatic rings. The van der Waals surface area contributed by atoms with Crippen LogP contribution in [0.25, 0.3) is 0 Å². The fraction of sp³-hybridized carbons (Fsp3) is 0.235. The molecule has 0 fully saturated rings. The molecule has 0 radical (unpaired) electrons. The molecule has 5 heteroatoms. The Balaban J connectivity index is 0.000000352. The minimum atomic E-state index is -4.18. The third-order valence-corrected chi connectivity index (χ3v) is 2.97. The highest BCUT2D eigenvalue weighted by molar-refractivity contribution is 8.00. The minimum absolute atomic E-state index is 0.0993. The topological polar surface area (TPSA) is 23.8 Å². The van der Waals surface area contributed by atoms with E-state index in [1.165, 1.54) is 24.6 Å². The van der Waals surface area contributed by atoms with E-state index in [-0.39, 0.29) is 16.7 Å². The van der Waals surface area contributed by atoms with Crippen molar-refractivity contribution in [2.45, 2.75) is 30.7 Å². The Labute approximate surface area is 133 Å². The van der Waals surface area contributed by atoms with Gasteiger partial charge in [-0.2, -0.15) is 18.4 Å². The van der Waals surface area contributed by atoms with E-state index < -0.39 is 5.51 Å². The molecule has 0 saturated carbocycles. The molecule has 0 spiro atoms. The molecular formula is C17H18F3NS. The number of halogens is 3. The van der Waals surface area contributed by atoms with Crippen LogP contribution in [0.4, 0.5) is 13.2 Å². The molecular weight excluding hydrogens is 307 g/mol. The van der Waals surface area contributed by atoms with E-state index in [4.69, 9.17) is 5.26 Å². The summed E-state index contributed by atoms with van der Waals surface area (Å²) >= 11 is -0.0993. The van der Waals surface area contributed by atoms with Crippen molar-refractivity contribution in [1.29, 1.82) is 5.26 Å². The van der Waals surface area contributed by atoms with Crippen molar-refractivity contribution in [2.24, 2.45) is 0 Å². The monoisotopic (exact) mass is 325 g/mol. The zero-order chi connectivity index (χ0) is 16.8. The second-order valence-corrected chi connectivity index (χ2v) is 5.06. The predicted molar refractivity (Wildman–Crippen MR) is 85.5 cm³/mol. The largest absolute Gasteiger partial charge is 0.446 e. The Kier molecular flexibility index (Phi) is 10.7. The lowest BCUT2D eigenvalue weighted by Crippen LogP contribution is -1.98. The highest BCUT2D eigenvalue weighted by atomic mass is 32.2. The van der Waals surface area contributed by atoms with E-state index in [2.05, 4.69) is 31.2 Å². The molecule has 0 aliphatic heterocycles. The van der Waals surface area contributed by atoms with E-state index in [0.717, 1.165) is 6.42 Å². The Hall–Kier alpha value is -1.93. The van der Waals surface area contributed by atoms with Gasteiger partial charge < -0.3 is 0 Å². The van der Waals surface area contributed by atoms with Crippen molar-refractivity contribution < 1.29 is 13.2 Å². The normalized spacial score (nSPS) is 9.45. The molecule has 0 bridgehead atoms. The Morgan fingerprint density at radius 3 is 1.68 bits per heavy atom. The lowest BCUT2D eigenvalue weighted by atomic mass is 10.2. The number of hydrogen-bond donors (Lipinski definition) is 0. The molecule has 0 unspecified atom stereocenters. The number of nitriles is 1. The van der Waals surface area contributed by atoms with Crippen molar-refractivity contribution in [2.75, 3.05) is 0 Å². The fourth-order valence-corrected chi connectivity index (χ4v) is 1.90. The summed E-state index contributed by atoms with van der Waals surface area (Å²) in [6, 6.07) is 19.9. The van der Waals surface area contributed by atoms with Crippen molar-refractivity contribution >= 4 is 11.8 Å². The summed E-state index contributed by atoms with van der Waals surface area (Å²) in [4.78, 5) is 0.222. The molecule has 22 heavy (non-hydrogen) atoms. The second-order valence-electron chi connectivity index (χ2n) is 3.92. The predicted octanol–water partition coefficient (Wildman–Crippen LogP) is 6.08. The van der Waals surface area contributed by atoms with Gasteiger partial charge in [-0.1, -0.05) is 55.5 Å². The summed E-state index contributed by atoms with van der Waals surface area (Å²) in [6.07, 6.45) is 1.14. The van der Waals surface area contributed by atoms with Crippen LogP contribution in [0.2, 0.25) is 0 Å². The summed E-state index contributed by atoms with van der Waals surface area (Å²) in [7, 11) is 0. The summed E-state index contributed by atoms with van der Waals surface area (Å²) in [6.45, 7) is 3.59. The SMILES string of the molecule is CC#N.CCc1ccccc1.FC(F)(F)Sc1ccccc1. The molecule has 2 aromatic carbocycles. The van der Waals surface area contributed by atoms with E-state index in [0.29, 0.717) is 0 Å². The zero-order valence-corrected chi connectivity index (χ0v) is 13.3. The number of aryl methyl sites for hydroxylation is 1.